The van der Waals surface area contributed by atoms with E-state index in [0.717, 1.165) is 6.42 Å². The zero-order valence-corrected chi connectivity index (χ0v) is 3.59. The van der Waals surface area contributed by atoms with Gasteiger partial charge >= 0.3 is 0 Å². The summed E-state index contributed by atoms with van der Waals surface area (Å²) in [5.74, 6) is 0.648. The fourth-order valence-electron chi connectivity index (χ4n) is 0.420. The number of allylic oxidation sites excluding steroid dienone is 2. The van der Waals surface area contributed by atoms with E-state index >= 15 is 0 Å². The molecule has 1 heteroatoms. The maximum absolute atomic E-state index is 8.24. The molecule has 0 fully saturated rings. The molecule has 1 rings (SSSR count). The van der Waals surface area contributed by atoms with Crippen molar-refractivity contribution < 1.29 is 5.11 Å². The third kappa shape index (κ3) is 0.830. The van der Waals surface area contributed by atoms with E-state index in [1.54, 1.807) is 0 Å². The fourth-order valence-corrected chi connectivity index (χ4v) is 0.420. The highest BCUT2D eigenvalue weighted by Gasteiger charge is 2.07. The van der Waals surface area contributed by atoms with E-state index in [4.69, 9.17) is 5.11 Å². The number of aliphatic hydroxyl groups is 1. The zero-order valence-electron chi connectivity index (χ0n) is 3.59. The smallest absolute Gasteiger partial charge is 0.0439 e. The van der Waals surface area contributed by atoms with Crippen LogP contribution in [-0.4, -0.2) is 11.7 Å². The first kappa shape index (κ1) is 3.88. The molecule has 1 nitrogen and oxygen atoms in total. The van der Waals surface area contributed by atoms with Crippen LogP contribution in [0.2, 0.25) is 0 Å². The van der Waals surface area contributed by atoms with Gasteiger partial charge in [-0.25, -0.2) is 0 Å². The molecule has 0 aromatic carbocycles. The van der Waals surface area contributed by atoms with Crippen molar-refractivity contribution in [3.63, 3.8) is 0 Å². The number of hydrogen-bond acceptors (Lipinski definition) is 1. The van der Waals surface area contributed by atoms with Crippen LogP contribution in [0.3, 0.4) is 0 Å². The third-order valence-corrected chi connectivity index (χ3v) is 0.927. The second-order valence-electron chi connectivity index (χ2n) is 1.56. The quantitative estimate of drug-likeness (QED) is 0.484. The molecular weight excluding hydrogens is 76.1 g/mol. The molecule has 0 radical (unpaired) electrons. The summed E-state index contributed by atoms with van der Waals surface area (Å²) in [5, 5.41) is 8.24. The fraction of sp³-hybridized carbons (Fsp3) is 0.600. The normalized spacial score (nSPS) is 18.8. The Kier molecular flexibility index (Phi) is 0.926. The van der Waals surface area contributed by atoms with E-state index in [1.807, 2.05) is 0 Å². The van der Waals surface area contributed by atoms with Crippen LogP contribution in [0.4, 0.5) is 0 Å². The van der Waals surface area contributed by atoms with E-state index in [-0.39, 0.29) is 0 Å². The van der Waals surface area contributed by atoms with Crippen LogP contribution in [0, 0.1) is 5.92 Å². The second kappa shape index (κ2) is 1.43. The predicted octanol–water partition coefficient (Wildman–Crippen LogP) is 0.555. The highest BCUT2D eigenvalue weighted by Crippen LogP contribution is 2.18. The number of rotatable bonds is 2. The Labute approximate surface area is 37.3 Å². The molecule has 0 amide bonds. The molecule has 1 aliphatic carbocycles. The lowest BCUT2D eigenvalue weighted by molar-refractivity contribution is 0.283. The van der Waals surface area contributed by atoms with Crippen molar-refractivity contribution in [3.05, 3.63) is 12.2 Å². The zero-order chi connectivity index (χ0) is 4.41. The predicted molar refractivity (Wildman–Crippen MR) is 24.3 cm³/mol. The van der Waals surface area contributed by atoms with Crippen LogP contribution in [0.5, 0.6) is 0 Å². The van der Waals surface area contributed by atoms with Gasteiger partial charge in [0.1, 0.15) is 0 Å². The van der Waals surface area contributed by atoms with Crippen molar-refractivity contribution in [1.82, 2.24) is 0 Å². The Morgan fingerprint density at radius 3 is 2.33 bits per heavy atom. The lowest BCUT2D eigenvalue weighted by Gasteiger charge is -1.84. The first-order valence-electron chi connectivity index (χ1n) is 2.22. The Bertz CT molecular complexity index is 60.3. The van der Waals surface area contributed by atoms with Gasteiger partial charge in [-0.2, -0.15) is 0 Å². The molecule has 0 saturated carbocycles. The van der Waals surface area contributed by atoms with Crippen molar-refractivity contribution >= 4 is 0 Å². The van der Waals surface area contributed by atoms with Crippen LogP contribution in [0.25, 0.3) is 0 Å². The minimum absolute atomic E-state index is 0.331. The molecule has 0 unspecified atom stereocenters. The summed E-state index contributed by atoms with van der Waals surface area (Å²) in [6.45, 7) is 0.331. The molecular formula is C5H8O. The molecule has 0 atom stereocenters. The van der Waals surface area contributed by atoms with Gasteiger partial charge < -0.3 is 5.11 Å². The summed E-state index contributed by atoms with van der Waals surface area (Å²) in [6.07, 6.45) is 5.12. The van der Waals surface area contributed by atoms with Gasteiger partial charge in [-0.3, -0.25) is 0 Å². The summed E-state index contributed by atoms with van der Waals surface area (Å²) >= 11 is 0. The molecule has 0 spiro atoms. The Hall–Kier alpha value is -0.300. The lowest BCUT2D eigenvalue weighted by atomic mass is 10.3. The van der Waals surface area contributed by atoms with Crippen LogP contribution in [0.15, 0.2) is 12.2 Å². The van der Waals surface area contributed by atoms with Gasteiger partial charge in [-0.1, -0.05) is 12.2 Å². The average molecular weight is 84.1 g/mol. The van der Waals surface area contributed by atoms with Crippen molar-refractivity contribution in [1.29, 1.82) is 0 Å². The largest absolute Gasteiger partial charge is 0.396 e. The molecule has 1 N–H and O–H groups in total. The SMILES string of the molecule is OCCC1C=C1. The molecule has 1 aliphatic rings. The third-order valence-electron chi connectivity index (χ3n) is 0.927. The summed E-state index contributed by atoms with van der Waals surface area (Å²) in [5.41, 5.74) is 0. The van der Waals surface area contributed by atoms with Crippen molar-refractivity contribution in [2.24, 2.45) is 5.92 Å². The molecule has 0 saturated heterocycles. The van der Waals surface area contributed by atoms with Gasteiger partial charge in [0.25, 0.3) is 0 Å². The molecule has 0 aliphatic heterocycles. The van der Waals surface area contributed by atoms with Crippen LogP contribution in [-0.2, 0) is 0 Å². The Balaban J connectivity index is 1.90. The summed E-state index contributed by atoms with van der Waals surface area (Å²) < 4.78 is 0. The summed E-state index contributed by atoms with van der Waals surface area (Å²) in [7, 11) is 0. The van der Waals surface area contributed by atoms with E-state index < -0.39 is 0 Å². The van der Waals surface area contributed by atoms with Crippen LogP contribution >= 0.6 is 0 Å². The van der Waals surface area contributed by atoms with Gasteiger partial charge in [-0.05, 0) is 12.3 Å². The Morgan fingerprint density at radius 2 is 2.17 bits per heavy atom. The first-order valence-corrected chi connectivity index (χ1v) is 2.22. The summed E-state index contributed by atoms with van der Waals surface area (Å²) in [4.78, 5) is 0. The molecule has 34 valence electrons. The molecule has 0 aromatic rings. The maximum atomic E-state index is 8.24. The van der Waals surface area contributed by atoms with Gasteiger partial charge in [0, 0.05) is 6.61 Å². The van der Waals surface area contributed by atoms with Crippen LogP contribution in [0.1, 0.15) is 6.42 Å². The average Bonchev–Trinajstić information content (AvgIpc) is 2.21. The second-order valence-corrected chi connectivity index (χ2v) is 1.56. The van der Waals surface area contributed by atoms with Gasteiger partial charge in [0.2, 0.25) is 0 Å². The van der Waals surface area contributed by atoms with Crippen LogP contribution < -0.4 is 0 Å². The van der Waals surface area contributed by atoms with E-state index in [1.165, 1.54) is 0 Å². The van der Waals surface area contributed by atoms with Gasteiger partial charge in [-0.15, -0.1) is 0 Å². The monoisotopic (exact) mass is 84.1 g/mol. The number of hydrogen-bond donors (Lipinski definition) is 1. The van der Waals surface area contributed by atoms with E-state index in [2.05, 4.69) is 12.2 Å². The first-order chi connectivity index (χ1) is 2.93. The molecule has 0 heterocycles. The maximum Gasteiger partial charge on any atom is 0.0439 e. The Morgan fingerprint density at radius 1 is 1.50 bits per heavy atom. The minimum Gasteiger partial charge on any atom is -0.396 e. The molecule has 6 heavy (non-hydrogen) atoms. The van der Waals surface area contributed by atoms with Crippen molar-refractivity contribution in [2.45, 2.75) is 6.42 Å². The standard InChI is InChI=1S/C5H8O/c6-4-3-5-1-2-5/h1-2,5-6H,3-4H2. The highest BCUT2D eigenvalue weighted by atomic mass is 16.3. The molecule has 0 aromatic heterocycles. The van der Waals surface area contributed by atoms with Crippen molar-refractivity contribution in [3.8, 4) is 0 Å². The van der Waals surface area contributed by atoms with Crippen molar-refractivity contribution in [2.75, 3.05) is 6.61 Å². The van der Waals surface area contributed by atoms with E-state index in [9.17, 15) is 0 Å². The van der Waals surface area contributed by atoms with Gasteiger partial charge in [0.05, 0.1) is 0 Å². The van der Waals surface area contributed by atoms with E-state index in [0.29, 0.717) is 12.5 Å². The van der Waals surface area contributed by atoms with Gasteiger partial charge in [0.15, 0.2) is 0 Å². The minimum atomic E-state index is 0.331. The number of aliphatic hydroxyl groups excluding tert-OH is 1. The summed E-state index contributed by atoms with van der Waals surface area (Å²) in [6, 6.07) is 0. The topological polar surface area (TPSA) is 20.2 Å². The lowest BCUT2D eigenvalue weighted by Crippen LogP contribution is -1.82. The highest BCUT2D eigenvalue weighted by molar-refractivity contribution is 5.12. The molecule has 0 bridgehead atoms.